The molecular weight excluding hydrogens is 212 g/mol. The molecule has 1 aliphatic heterocycles. The Kier molecular flexibility index (Phi) is 2.98. The van der Waals surface area contributed by atoms with Crippen molar-refractivity contribution < 1.29 is 4.74 Å². The lowest BCUT2D eigenvalue weighted by Crippen LogP contribution is -2.20. The van der Waals surface area contributed by atoms with Crippen LogP contribution in [0.4, 0.5) is 0 Å². The number of hydrogen-bond donors (Lipinski definition) is 1. The van der Waals surface area contributed by atoms with Gasteiger partial charge < -0.3 is 10.1 Å². The van der Waals surface area contributed by atoms with E-state index in [0.29, 0.717) is 11.8 Å². The van der Waals surface area contributed by atoms with Crippen molar-refractivity contribution >= 4 is 0 Å². The minimum atomic E-state index is 0.242. The lowest BCUT2D eigenvalue weighted by Gasteiger charge is -2.12. The van der Waals surface area contributed by atoms with E-state index < -0.39 is 0 Å². The third kappa shape index (κ3) is 2.78. The van der Waals surface area contributed by atoms with Gasteiger partial charge in [-0.1, -0.05) is 11.8 Å². The van der Waals surface area contributed by atoms with Crippen molar-refractivity contribution in [2.75, 3.05) is 13.1 Å². The minimum absolute atomic E-state index is 0.242. The summed E-state index contributed by atoms with van der Waals surface area (Å²) in [6.07, 6.45) is 5.55. The third-order valence-electron chi connectivity index (χ3n) is 3.05. The Labute approximate surface area is 102 Å². The van der Waals surface area contributed by atoms with Crippen LogP contribution in [-0.4, -0.2) is 24.2 Å². The van der Waals surface area contributed by atoms with E-state index in [-0.39, 0.29) is 6.10 Å². The second-order valence-electron chi connectivity index (χ2n) is 4.63. The fraction of sp³-hybridized carbons (Fsp3) is 0.500. The lowest BCUT2D eigenvalue weighted by molar-refractivity contribution is 0.213. The van der Waals surface area contributed by atoms with Gasteiger partial charge in [0.15, 0.2) is 0 Å². The van der Waals surface area contributed by atoms with Crippen LogP contribution in [0, 0.1) is 17.8 Å². The van der Waals surface area contributed by atoms with Gasteiger partial charge >= 0.3 is 0 Å². The standard InChI is InChI=1S/C14H16N2O/c1-2-12(6-5-11-3-4-11)14(16-8-1)17-13-7-9-15-10-13/h1-2,8,11,13,15H,3-4,7,9-10H2. The van der Waals surface area contributed by atoms with Gasteiger partial charge in [0, 0.05) is 18.7 Å². The molecule has 3 rings (SSSR count). The van der Waals surface area contributed by atoms with Crippen molar-refractivity contribution in [2.24, 2.45) is 5.92 Å². The Bertz CT molecular complexity index is 451. The van der Waals surface area contributed by atoms with Gasteiger partial charge in [-0.3, -0.25) is 0 Å². The number of nitrogens with one attached hydrogen (secondary N) is 1. The molecule has 1 atom stereocenters. The molecule has 2 aliphatic rings. The molecule has 17 heavy (non-hydrogen) atoms. The van der Waals surface area contributed by atoms with Crippen LogP contribution in [0.3, 0.4) is 0 Å². The summed E-state index contributed by atoms with van der Waals surface area (Å²) in [5.41, 5.74) is 0.923. The highest BCUT2D eigenvalue weighted by Crippen LogP contribution is 2.28. The van der Waals surface area contributed by atoms with Crippen molar-refractivity contribution in [3.63, 3.8) is 0 Å². The maximum absolute atomic E-state index is 5.88. The number of nitrogens with zero attached hydrogens (tertiary/aromatic N) is 1. The average molecular weight is 228 g/mol. The van der Waals surface area contributed by atoms with E-state index >= 15 is 0 Å². The highest BCUT2D eigenvalue weighted by Gasteiger charge is 2.19. The zero-order valence-corrected chi connectivity index (χ0v) is 9.78. The van der Waals surface area contributed by atoms with E-state index in [1.807, 2.05) is 12.1 Å². The summed E-state index contributed by atoms with van der Waals surface area (Å²) in [6, 6.07) is 3.90. The Morgan fingerprint density at radius 2 is 2.29 bits per heavy atom. The molecule has 2 fully saturated rings. The van der Waals surface area contributed by atoms with Gasteiger partial charge in [-0.25, -0.2) is 4.98 Å². The first-order valence-electron chi connectivity index (χ1n) is 6.26. The molecule has 1 aliphatic carbocycles. The van der Waals surface area contributed by atoms with Gasteiger partial charge in [-0.15, -0.1) is 0 Å². The predicted octanol–water partition coefficient (Wildman–Crippen LogP) is 1.58. The molecule has 2 heterocycles. The number of aromatic nitrogens is 1. The summed E-state index contributed by atoms with van der Waals surface area (Å²) in [5, 5.41) is 3.28. The number of pyridine rings is 1. The van der Waals surface area contributed by atoms with Crippen molar-refractivity contribution in [3.8, 4) is 17.7 Å². The number of ether oxygens (including phenoxy) is 1. The van der Waals surface area contributed by atoms with Crippen molar-refractivity contribution in [2.45, 2.75) is 25.4 Å². The molecule has 3 heteroatoms. The molecule has 1 saturated heterocycles. The zero-order chi connectivity index (χ0) is 11.5. The van der Waals surface area contributed by atoms with Gasteiger partial charge in [0.25, 0.3) is 0 Å². The second-order valence-corrected chi connectivity index (χ2v) is 4.63. The van der Waals surface area contributed by atoms with Crippen molar-refractivity contribution in [3.05, 3.63) is 23.9 Å². The number of hydrogen-bond acceptors (Lipinski definition) is 3. The summed E-state index contributed by atoms with van der Waals surface area (Å²) in [4.78, 5) is 4.29. The Balaban J connectivity index is 1.75. The largest absolute Gasteiger partial charge is 0.472 e. The minimum Gasteiger partial charge on any atom is -0.472 e. The summed E-state index contributed by atoms with van der Waals surface area (Å²) in [5.74, 6) is 7.74. The van der Waals surface area contributed by atoms with Crippen LogP contribution in [0.15, 0.2) is 18.3 Å². The van der Waals surface area contributed by atoms with E-state index in [0.717, 1.165) is 25.1 Å². The fourth-order valence-corrected chi connectivity index (χ4v) is 1.87. The van der Waals surface area contributed by atoms with Crippen LogP contribution in [0.1, 0.15) is 24.8 Å². The van der Waals surface area contributed by atoms with E-state index in [2.05, 4.69) is 22.1 Å². The van der Waals surface area contributed by atoms with Crippen LogP contribution < -0.4 is 10.1 Å². The topological polar surface area (TPSA) is 34.1 Å². The van der Waals surface area contributed by atoms with Crippen molar-refractivity contribution in [1.82, 2.24) is 10.3 Å². The molecule has 1 aromatic heterocycles. The molecule has 3 nitrogen and oxygen atoms in total. The monoisotopic (exact) mass is 228 g/mol. The third-order valence-corrected chi connectivity index (χ3v) is 3.05. The van der Waals surface area contributed by atoms with Gasteiger partial charge in [0.05, 0.1) is 5.56 Å². The van der Waals surface area contributed by atoms with Gasteiger partial charge in [-0.05, 0) is 37.9 Å². The fourth-order valence-electron chi connectivity index (χ4n) is 1.87. The Morgan fingerprint density at radius 1 is 1.35 bits per heavy atom. The van der Waals surface area contributed by atoms with Crippen LogP contribution in [0.2, 0.25) is 0 Å². The molecule has 1 aromatic rings. The molecule has 1 N–H and O–H groups in total. The van der Waals surface area contributed by atoms with E-state index in [9.17, 15) is 0 Å². The van der Waals surface area contributed by atoms with Gasteiger partial charge in [0.2, 0.25) is 5.88 Å². The van der Waals surface area contributed by atoms with E-state index in [1.165, 1.54) is 12.8 Å². The quantitative estimate of drug-likeness (QED) is 0.780. The normalized spacial score (nSPS) is 22.9. The molecule has 1 unspecified atom stereocenters. The Hall–Kier alpha value is -1.53. The highest BCUT2D eigenvalue weighted by atomic mass is 16.5. The van der Waals surface area contributed by atoms with Crippen molar-refractivity contribution in [1.29, 1.82) is 0 Å². The average Bonchev–Trinajstić information content (AvgIpc) is 3.05. The summed E-state index contributed by atoms with van der Waals surface area (Å²) < 4.78 is 5.88. The Morgan fingerprint density at radius 3 is 3.06 bits per heavy atom. The van der Waals surface area contributed by atoms with Gasteiger partial charge in [0.1, 0.15) is 6.10 Å². The molecular formula is C14H16N2O. The predicted molar refractivity (Wildman–Crippen MR) is 65.7 cm³/mol. The molecule has 0 aromatic carbocycles. The van der Waals surface area contributed by atoms with Crippen LogP contribution in [-0.2, 0) is 0 Å². The lowest BCUT2D eigenvalue weighted by atomic mass is 10.2. The summed E-state index contributed by atoms with van der Waals surface area (Å²) in [6.45, 7) is 1.94. The first-order chi connectivity index (χ1) is 8.42. The van der Waals surface area contributed by atoms with E-state index in [4.69, 9.17) is 4.74 Å². The van der Waals surface area contributed by atoms with Crippen LogP contribution >= 0.6 is 0 Å². The van der Waals surface area contributed by atoms with Gasteiger partial charge in [-0.2, -0.15) is 0 Å². The molecule has 0 bridgehead atoms. The number of rotatable bonds is 2. The molecule has 0 amide bonds. The summed E-state index contributed by atoms with van der Waals surface area (Å²) >= 11 is 0. The molecule has 0 spiro atoms. The second kappa shape index (κ2) is 4.77. The summed E-state index contributed by atoms with van der Waals surface area (Å²) in [7, 11) is 0. The first kappa shape index (κ1) is 10.6. The zero-order valence-electron chi connectivity index (χ0n) is 9.78. The highest BCUT2D eigenvalue weighted by molar-refractivity contribution is 5.42. The first-order valence-corrected chi connectivity index (χ1v) is 6.26. The molecule has 0 radical (unpaired) electrons. The maximum Gasteiger partial charge on any atom is 0.229 e. The molecule has 1 saturated carbocycles. The smallest absolute Gasteiger partial charge is 0.229 e. The SMILES string of the molecule is C(#CC1CC1)c1cccnc1OC1CCNC1. The van der Waals surface area contributed by atoms with Crippen LogP contribution in [0.25, 0.3) is 0 Å². The van der Waals surface area contributed by atoms with Crippen LogP contribution in [0.5, 0.6) is 5.88 Å². The molecule has 88 valence electrons. The maximum atomic E-state index is 5.88. The van der Waals surface area contributed by atoms with E-state index in [1.54, 1.807) is 6.20 Å².